The summed E-state index contributed by atoms with van der Waals surface area (Å²) in [7, 11) is 0. The van der Waals surface area contributed by atoms with Crippen molar-refractivity contribution in [2.45, 2.75) is 0 Å². The van der Waals surface area contributed by atoms with E-state index in [0.29, 0.717) is 0 Å². The number of benzene rings is 2. The van der Waals surface area contributed by atoms with Crippen molar-refractivity contribution in [2.75, 3.05) is 0 Å². The number of pyridine rings is 1. The van der Waals surface area contributed by atoms with Gasteiger partial charge in [-0.3, -0.25) is 4.40 Å². The van der Waals surface area contributed by atoms with Crippen LogP contribution in [0.1, 0.15) is 0 Å². The molecule has 2 nitrogen and oxygen atoms in total. The van der Waals surface area contributed by atoms with Gasteiger partial charge in [0.05, 0.1) is 5.52 Å². The number of imidazole rings is 1. The third-order valence-corrected chi connectivity index (χ3v) is 4.12. The molecule has 2 aromatic carbocycles. The molecule has 2 aromatic heterocycles. The lowest BCUT2D eigenvalue weighted by Gasteiger charge is -2.05. The van der Waals surface area contributed by atoms with E-state index in [1.807, 2.05) is 18.3 Å². The van der Waals surface area contributed by atoms with Crippen molar-refractivity contribution in [2.24, 2.45) is 0 Å². The fourth-order valence-corrected chi connectivity index (χ4v) is 3.10. The normalized spacial score (nSPS) is 11.2. The van der Waals surface area contributed by atoms with Crippen molar-refractivity contribution < 1.29 is 0 Å². The maximum Gasteiger partial charge on any atom is 0.146 e. The Bertz CT molecular complexity index is 919. The SMILES string of the molecule is Brc1nc(-c2cccc3ccccc23)n2ccccc12. The molecular weight excluding hydrogens is 312 g/mol. The number of halogens is 1. The Labute approximate surface area is 124 Å². The summed E-state index contributed by atoms with van der Waals surface area (Å²) in [6, 6.07) is 20.8. The second-order valence-electron chi connectivity index (χ2n) is 4.71. The maximum absolute atomic E-state index is 4.69. The van der Waals surface area contributed by atoms with Crippen molar-refractivity contribution in [3.63, 3.8) is 0 Å². The van der Waals surface area contributed by atoms with E-state index in [0.717, 1.165) is 21.5 Å². The van der Waals surface area contributed by atoms with Crippen molar-refractivity contribution in [3.8, 4) is 11.4 Å². The van der Waals surface area contributed by atoms with Crippen LogP contribution >= 0.6 is 15.9 Å². The number of aromatic nitrogens is 2. The standard InChI is InChI=1S/C17H11BrN2/c18-16-15-10-3-4-11-20(15)17(19-16)14-9-5-7-12-6-1-2-8-13(12)14/h1-11H. The van der Waals surface area contributed by atoms with Gasteiger partial charge in [-0.05, 0) is 38.8 Å². The average Bonchev–Trinajstić information content (AvgIpc) is 2.84. The Kier molecular flexibility index (Phi) is 2.60. The predicted octanol–water partition coefficient (Wildman–Crippen LogP) is 4.92. The molecular formula is C17H11BrN2. The van der Waals surface area contributed by atoms with Crippen molar-refractivity contribution in [1.82, 2.24) is 9.38 Å². The molecule has 0 saturated heterocycles. The van der Waals surface area contributed by atoms with E-state index < -0.39 is 0 Å². The molecule has 0 spiro atoms. The predicted molar refractivity (Wildman–Crippen MR) is 85.8 cm³/mol. The molecule has 0 amide bonds. The first-order chi connectivity index (χ1) is 9.84. The first-order valence-electron chi connectivity index (χ1n) is 6.45. The van der Waals surface area contributed by atoms with Crippen LogP contribution in [-0.4, -0.2) is 9.38 Å². The number of hydrogen-bond acceptors (Lipinski definition) is 1. The Morgan fingerprint density at radius 3 is 2.60 bits per heavy atom. The van der Waals surface area contributed by atoms with Gasteiger partial charge in [0.1, 0.15) is 10.4 Å². The third kappa shape index (κ3) is 1.67. The van der Waals surface area contributed by atoms with E-state index in [4.69, 9.17) is 0 Å². The Hall–Kier alpha value is -2.13. The van der Waals surface area contributed by atoms with Gasteiger partial charge in [0.2, 0.25) is 0 Å². The highest BCUT2D eigenvalue weighted by atomic mass is 79.9. The van der Waals surface area contributed by atoms with Gasteiger partial charge in [-0.25, -0.2) is 4.98 Å². The van der Waals surface area contributed by atoms with Crippen LogP contribution in [0.25, 0.3) is 27.7 Å². The summed E-state index contributed by atoms with van der Waals surface area (Å²) in [6.07, 6.45) is 2.05. The quantitative estimate of drug-likeness (QED) is 0.486. The lowest BCUT2D eigenvalue weighted by molar-refractivity contribution is 1.17. The summed E-state index contributed by atoms with van der Waals surface area (Å²) >= 11 is 3.55. The molecule has 0 aliphatic rings. The largest absolute Gasteiger partial charge is 0.299 e. The zero-order chi connectivity index (χ0) is 13.5. The molecule has 0 N–H and O–H groups in total. The van der Waals surface area contributed by atoms with Crippen LogP contribution in [0.15, 0.2) is 71.5 Å². The highest BCUT2D eigenvalue weighted by Gasteiger charge is 2.12. The van der Waals surface area contributed by atoms with E-state index >= 15 is 0 Å². The molecule has 2 heterocycles. The molecule has 4 rings (SSSR count). The summed E-state index contributed by atoms with van der Waals surface area (Å²) in [5, 5.41) is 2.45. The highest BCUT2D eigenvalue weighted by Crippen LogP contribution is 2.31. The van der Waals surface area contributed by atoms with Crippen LogP contribution < -0.4 is 0 Å². The molecule has 0 fully saturated rings. The van der Waals surface area contributed by atoms with Crippen molar-refractivity contribution in [1.29, 1.82) is 0 Å². The summed E-state index contributed by atoms with van der Waals surface area (Å²) < 4.78 is 2.99. The minimum atomic E-state index is 0.876. The van der Waals surface area contributed by atoms with Crippen molar-refractivity contribution in [3.05, 3.63) is 71.5 Å². The summed E-state index contributed by atoms with van der Waals surface area (Å²) in [5.41, 5.74) is 2.23. The van der Waals surface area contributed by atoms with E-state index in [-0.39, 0.29) is 0 Å². The molecule has 0 saturated carbocycles. The minimum Gasteiger partial charge on any atom is -0.299 e. The average molecular weight is 323 g/mol. The van der Waals surface area contributed by atoms with Crippen LogP contribution in [0.3, 0.4) is 0 Å². The van der Waals surface area contributed by atoms with E-state index in [2.05, 4.69) is 73.8 Å². The summed E-state index contributed by atoms with van der Waals surface area (Å²) in [4.78, 5) is 4.69. The summed E-state index contributed by atoms with van der Waals surface area (Å²) in [6.45, 7) is 0. The van der Waals surface area contributed by atoms with E-state index in [1.165, 1.54) is 10.8 Å². The second kappa shape index (κ2) is 4.46. The highest BCUT2D eigenvalue weighted by molar-refractivity contribution is 9.10. The number of rotatable bonds is 1. The zero-order valence-corrected chi connectivity index (χ0v) is 12.2. The fourth-order valence-electron chi connectivity index (χ4n) is 2.61. The Morgan fingerprint density at radius 1 is 0.850 bits per heavy atom. The van der Waals surface area contributed by atoms with Crippen LogP contribution in [0.5, 0.6) is 0 Å². The van der Waals surface area contributed by atoms with Gasteiger partial charge in [-0.1, -0.05) is 48.5 Å². The molecule has 0 aliphatic carbocycles. The maximum atomic E-state index is 4.69. The fraction of sp³-hybridized carbons (Fsp3) is 0. The zero-order valence-electron chi connectivity index (χ0n) is 10.6. The van der Waals surface area contributed by atoms with Gasteiger partial charge < -0.3 is 0 Å². The lowest BCUT2D eigenvalue weighted by Crippen LogP contribution is -1.89. The third-order valence-electron chi connectivity index (χ3n) is 3.53. The Morgan fingerprint density at radius 2 is 1.65 bits per heavy atom. The van der Waals surface area contributed by atoms with Crippen LogP contribution in [0.4, 0.5) is 0 Å². The second-order valence-corrected chi connectivity index (χ2v) is 5.46. The number of hydrogen-bond donors (Lipinski definition) is 0. The van der Waals surface area contributed by atoms with Gasteiger partial charge in [0.15, 0.2) is 0 Å². The molecule has 0 aliphatic heterocycles. The van der Waals surface area contributed by atoms with Gasteiger partial charge in [-0.2, -0.15) is 0 Å². The van der Waals surface area contributed by atoms with Gasteiger partial charge in [-0.15, -0.1) is 0 Å². The Balaban J connectivity index is 2.12. The molecule has 0 radical (unpaired) electrons. The van der Waals surface area contributed by atoms with Crippen molar-refractivity contribution >= 4 is 32.2 Å². The molecule has 0 atom stereocenters. The number of fused-ring (bicyclic) bond motifs is 2. The smallest absolute Gasteiger partial charge is 0.146 e. The molecule has 0 unspecified atom stereocenters. The van der Waals surface area contributed by atoms with Crippen LogP contribution in [0, 0.1) is 0 Å². The minimum absolute atomic E-state index is 0.876. The monoisotopic (exact) mass is 322 g/mol. The summed E-state index contributed by atoms with van der Waals surface area (Å²) in [5.74, 6) is 0.962. The lowest BCUT2D eigenvalue weighted by atomic mass is 10.0. The van der Waals surface area contributed by atoms with Gasteiger partial charge >= 0.3 is 0 Å². The van der Waals surface area contributed by atoms with Crippen LogP contribution in [-0.2, 0) is 0 Å². The van der Waals surface area contributed by atoms with E-state index in [1.54, 1.807) is 0 Å². The molecule has 0 bridgehead atoms. The van der Waals surface area contributed by atoms with Crippen LogP contribution in [0.2, 0.25) is 0 Å². The topological polar surface area (TPSA) is 17.3 Å². The van der Waals surface area contributed by atoms with E-state index in [9.17, 15) is 0 Å². The molecule has 4 aromatic rings. The van der Waals surface area contributed by atoms with Gasteiger partial charge in [0, 0.05) is 11.8 Å². The first kappa shape index (κ1) is 11.7. The molecule has 20 heavy (non-hydrogen) atoms. The molecule has 96 valence electrons. The first-order valence-corrected chi connectivity index (χ1v) is 7.24. The molecule has 3 heteroatoms. The number of nitrogens with zero attached hydrogens (tertiary/aromatic N) is 2. The van der Waals surface area contributed by atoms with Gasteiger partial charge in [0.25, 0.3) is 0 Å².